The van der Waals surface area contributed by atoms with Crippen LogP contribution in [0, 0.1) is 5.82 Å². The van der Waals surface area contributed by atoms with Gasteiger partial charge in [-0.1, -0.05) is 0 Å². The molecule has 3 rings (SSSR count). The minimum absolute atomic E-state index is 0.0166. The highest BCUT2D eigenvalue weighted by Crippen LogP contribution is 2.17. The number of nitrogens with one attached hydrogen (secondary N) is 1. The smallest absolute Gasteiger partial charge is 0.337 e. The van der Waals surface area contributed by atoms with Crippen molar-refractivity contribution in [2.24, 2.45) is 0 Å². The molecule has 2 aromatic carbocycles. The number of esters is 1. The highest BCUT2D eigenvalue weighted by molar-refractivity contribution is 6.04. The number of carbonyl (C=O) groups excluding carboxylic acids is 2. The van der Waals surface area contributed by atoms with Gasteiger partial charge in [0.05, 0.1) is 31.5 Å². The van der Waals surface area contributed by atoms with Crippen LogP contribution in [0.2, 0.25) is 0 Å². The van der Waals surface area contributed by atoms with E-state index in [9.17, 15) is 18.8 Å². The first-order valence-corrected chi connectivity index (χ1v) is 8.37. The van der Waals surface area contributed by atoms with Gasteiger partial charge in [0.1, 0.15) is 5.82 Å². The predicted octanol–water partition coefficient (Wildman–Crippen LogP) is 2.42. The minimum atomic E-state index is -0.636. The number of ether oxygens (including phenoxy) is 2. The number of carbonyl (C=O) groups is 2. The van der Waals surface area contributed by atoms with Gasteiger partial charge in [-0.15, -0.1) is 0 Å². The zero-order chi connectivity index (χ0) is 21.0. The van der Waals surface area contributed by atoms with Gasteiger partial charge >= 0.3 is 5.97 Å². The van der Waals surface area contributed by atoms with E-state index in [1.165, 1.54) is 62.8 Å². The van der Waals surface area contributed by atoms with Crippen molar-refractivity contribution in [2.75, 3.05) is 19.5 Å². The molecule has 0 unspecified atom stereocenters. The number of methoxy groups -OCH3 is 2. The maximum absolute atomic E-state index is 13.2. The van der Waals surface area contributed by atoms with E-state index in [1.54, 1.807) is 0 Å². The Labute approximate surface area is 164 Å². The lowest BCUT2D eigenvalue weighted by Crippen LogP contribution is -2.26. The zero-order valence-electron chi connectivity index (χ0n) is 15.5. The van der Waals surface area contributed by atoms with E-state index < -0.39 is 23.3 Å². The Balaban J connectivity index is 1.93. The number of amides is 1. The molecule has 3 aromatic rings. The third-order valence-electron chi connectivity index (χ3n) is 3.97. The first-order valence-electron chi connectivity index (χ1n) is 8.37. The molecule has 9 heteroatoms. The molecule has 29 heavy (non-hydrogen) atoms. The molecule has 0 atom stereocenters. The van der Waals surface area contributed by atoms with Crippen LogP contribution in [0.4, 0.5) is 10.1 Å². The van der Waals surface area contributed by atoms with Crippen molar-refractivity contribution in [3.8, 4) is 11.4 Å². The molecule has 148 valence electrons. The van der Waals surface area contributed by atoms with Gasteiger partial charge in [0.2, 0.25) is 0 Å². The Kier molecular flexibility index (Phi) is 5.68. The summed E-state index contributed by atoms with van der Waals surface area (Å²) in [5.74, 6) is -1.62. The summed E-state index contributed by atoms with van der Waals surface area (Å²) in [6, 6.07) is 12.2. The summed E-state index contributed by atoms with van der Waals surface area (Å²) in [5, 5.41) is 6.68. The van der Waals surface area contributed by atoms with Crippen molar-refractivity contribution in [1.29, 1.82) is 0 Å². The van der Waals surface area contributed by atoms with Gasteiger partial charge in [0, 0.05) is 5.69 Å². The van der Waals surface area contributed by atoms with Gasteiger partial charge < -0.3 is 14.8 Å². The van der Waals surface area contributed by atoms with Gasteiger partial charge in [-0.2, -0.15) is 9.78 Å². The number of benzene rings is 2. The molecule has 0 aliphatic heterocycles. The molecule has 0 bridgehead atoms. The number of hydrogen-bond donors (Lipinski definition) is 1. The SMILES string of the molecule is COC(=O)c1ccc(NC(=O)c2nn(-c3ccc(F)cc3)c(=O)cc2OC)cc1. The molecule has 0 fully saturated rings. The van der Waals surface area contributed by atoms with Crippen LogP contribution in [-0.2, 0) is 4.74 Å². The first kappa shape index (κ1) is 19.7. The van der Waals surface area contributed by atoms with Crippen molar-refractivity contribution in [3.63, 3.8) is 0 Å². The van der Waals surface area contributed by atoms with Crippen LogP contribution in [0.3, 0.4) is 0 Å². The molecule has 0 aliphatic rings. The second-order valence-electron chi connectivity index (χ2n) is 5.81. The van der Waals surface area contributed by atoms with E-state index in [4.69, 9.17) is 4.74 Å². The van der Waals surface area contributed by atoms with Crippen LogP contribution in [0.15, 0.2) is 59.4 Å². The van der Waals surface area contributed by atoms with Crippen molar-refractivity contribution in [3.05, 3.63) is 82.0 Å². The van der Waals surface area contributed by atoms with Crippen molar-refractivity contribution >= 4 is 17.6 Å². The molecule has 0 radical (unpaired) electrons. The fourth-order valence-electron chi connectivity index (χ4n) is 2.52. The average molecular weight is 397 g/mol. The van der Waals surface area contributed by atoms with E-state index in [-0.39, 0.29) is 17.1 Å². The van der Waals surface area contributed by atoms with Crippen LogP contribution < -0.4 is 15.6 Å². The van der Waals surface area contributed by atoms with Crippen molar-refractivity contribution < 1.29 is 23.5 Å². The number of hydrogen-bond acceptors (Lipinski definition) is 6. The molecule has 1 aromatic heterocycles. The summed E-state index contributed by atoms with van der Waals surface area (Å²) < 4.78 is 23.8. The number of aromatic nitrogens is 2. The number of anilines is 1. The molecule has 8 nitrogen and oxygen atoms in total. The molecule has 0 aliphatic carbocycles. The second-order valence-corrected chi connectivity index (χ2v) is 5.81. The Morgan fingerprint density at radius 1 is 1.03 bits per heavy atom. The summed E-state index contributed by atoms with van der Waals surface area (Å²) in [6.45, 7) is 0. The summed E-state index contributed by atoms with van der Waals surface area (Å²) >= 11 is 0. The molecule has 1 N–H and O–H groups in total. The maximum Gasteiger partial charge on any atom is 0.337 e. The third kappa shape index (κ3) is 4.29. The van der Waals surface area contributed by atoms with Crippen molar-refractivity contribution in [1.82, 2.24) is 9.78 Å². The lowest BCUT2D eigenvalue weighted by molar-refractivity contribution is 0.0600. The van der Waals surface area contributed by atoms with E-state index in [1.807, 2.05) is 0 Å². The van der Waals surface area contributed by atoms with Gasteiger partial charge in [-0.05, 0) is 48.5 Å². The van der Waals surface area contributed by atoms with E-state index in [0.717, 1.165) is 10.7 Å². The molecular weight excluding hydrogens is 381 g/mol. The van der Waals surface area contributed by atoms with Crippen LogP contribution in [-0.4, -0.2) is 35.9 Å². The van der Waals surface area contributed by atoms with Gasteiger partial charge in [-0.25, -0.2) is 9.18 Å². The van der Waals surface area contributed by atoms with Gasteiger partial charge in [0.25, 0.3) is 11.5 Å². The maximum atomic E-state index is 13.2. The molecule has 1 heterocycles. The van der Waals surface area contributed by atoms with Crippen LogP contribution in [0.25, 0.3) is 5.69 Å². The number of nitrogens with zero attached hydrogens (tertiary/aromatic N) is 2. The average Bonchev–Trinajstić information content (AvgIpc) is 2.74. The largest absolute Gasteiger partial charge is 0.494 e. The molecule has 0 saturated heterocycles. The quantitative estimate of drug-likeness (QED) is 0.664. The minimum Gasteiger partial charge on any atom is -0.494 e. The van der Waals surface area contributed by atoms with Crippen LogP contribution >= 0.6 is 0 Å². The monoisotopic (exact) mass is 397 g/mol. The molecule has 0 spiro atoms. The standard InChI is InChI=1S/C20H16FN3O5/c1-28-16-11-17(25)24(15-9-5-13(21)6-10-15)23-18(16)19(26)22-14-7-3-12(4-8-14)20(27)29-2/h3-11H,1-2H3,(H,22,26). The Bertz CT molecular complexity index is 1110. The van der Waals surface area contributed by atoms with Gasteiger partial charge in [-0.3, -0.25) is 9.59 Å². The predicted molar refractivity (Wildman–Crippen MR) is 102 cm³/mol. The summed E-state index contributed by atoms with van der Waals surface area (Å²) in [7, 11) is 2.58. The van der Waals surface area contributed by atoms with Crippen molar-refractivity contribution in [2.45, 2.75) is 0 Å². The Hall–Kier alpha value is -4.01. The highest BCUT2D eigenvalue weighted by atomic mass is 19.1. The summed E-state index contributed by atoms with van der Waals surface area (Å²) in [5.41, 5.74) is 0.313. The summed E-state index contributed by atoms with van der Waals surface area (Å²) in [4.78, 5) is 36.5. The van der Waals surface area contributed by atoms with Crippen LogP contribution in [0.5, 0.6) is 5.75 Å². The number of halogens is 1. The summed E-state index contributed by atoms with van der Waals surface area (Å²) in [6.07, 6.45) is 0. The fourth-order valence-corrected chi connectivity index (χ4v) is 2.52. The lowest BCUT2D eigenvalue weighted by Gasteiger charge is -2.11. The first-order chi connectivity index (χ1) is 13.9. The molecule has 0 saturated carbocycles. The Morgan fingerprint density at radius 3 is 2.28 bits per heavy atom. The topological polar surface area (TPSA) is 99.5 Å². The zero-order valence-corrected chi connectivity index (χ0v) is 15.5. The van der Waals surface area contributed by atoms with E-state index >= 15 is 0 Å². The van der Waals surface area contributed by atoms with E-state index in [2.05, 4.69) is 15.2 Å². The normalized spacial score (nSPS) is 10.3. The third-order valence-corrected chi connectivity index (χ3v) is 3.97. The highest BCUT2D eigenvalue weighted by Gasteiger charge is 2.18. The molecular formula is C20H16FN3O5. The fraction of sp³-hybridized carbons (Fsp3) is 0.100. The second kappa shape index (κ2) is 8.34. The molecule has 1 amide bonds. The van der Waals surface area contributed by atoms with Gasteiger partial charge in [0.15, 0.2) is 11.4 Å². The number of rotatable bonds is 5. The Morgan fingerprint density at radius 2 is 1.69 bits per heavy atom. The van der Waals surface area contributed by atoms with Crippen LogP contribution in [0.1, 0.15) is 20.8 Å². The van der Waals surface area contributed by atoms with E-state index in [0.29, 0.717) is 11.3 Å². The lowest BCUT2D eigenvalue weighted by atomic mass is 10.2.